The fourth-order valence-corrected chi connectivity index (χ4v) is 2.27. The van der Waals surface area contributed by atoms with Crippen molar-refractivity contribution in [1.82, 2.24) is 15.6 Å². The van der Waals surface area contributed by atoms with E-state index in [0.717, 1.165) is 0 Å². The SMILES string of the molecule is CC(C)(CNC(=O)c1ccc(Cl)cc1)CNC(=NC#N)Nc1cccnc1. The van der Waals surface area contributed by atoms with Crippen molar-refractivity contribution >= 4 is 29.2 Å². The normalized spacial score (nSPS) is 11.4. The van der Waals surface area contributed by atoms with Crippen molar-refractivity contribution in [2.24, 2.45) is 10.4 Å². The number of nitriles is 1. The summed E-state index contributed by atoms with van der Waals surface area (Å²) >= 11 is 5.84. The molecule has 2 aromatic rings. The van der Waals surface area contributed by atoms with E-state index in [1.54, 1.807) is 48.9 Å². The molecular weight excluding hydrogens is 364 g/mol. The van der Waals surface area contributed by atoms with Gasteiger partial charge in [-0.25, -0.2) is 0 Å². The number of aliphatic imine (C=N–C) groups is 1. The number of hydrogen-bond acceptors (Lipinski definition) is 4. The first-order chi connectivity index (χ1) is 12.9. The van der Waals surface area contributed by atoms with Gasteiger partial charge in [-0.05, 0) is 41.8 Å². The van der Waals surface area contributed by atoms with Crippen molar-refractivity contribution in [1.29, 1.82) is 5.26 Å². The van der Waals surface area contributed by atoms with Gasteiger partial charge in [0.25, 0.3) is 5.91 Å². The first-order valence-corrected chi connectivity index (χ1v) is 8.69. The summed E-state index contributed by atoms with van der Waals surface area (Å²) in [6.45, 7) is 4.92. The average Bonchev–Trinajstić information content (AvgIpc) is 2.66. The van der Waals surface area contributed by atoms with Gasteiger partial charge in [0, 0.05) is 29.9 Å². The molecule has 27 heavy (non-hydrogen) atoms. The molecule has 0 fully saturated rings. The van der Waals surface area contributed by atoms with Crippen LogP contribution in [0.5, 0.6) is 0 Å². The number of nitrogens with zero attached hydrogens (tertiary/aromatic N) is 3. The van der Waals surface area contributed by atoms with Crippen molar-refractivity contribution in [3.05, 3.63) is 59.4 Å². The molecule has 7 nitrogen and oxygen atoms in total. The fourth-order valence-electron chi connectivity index (χ4n) is 2.14. The van der Waals surface area contributed by atoms with Gasteiger partial charge in [-0.15, -0.1) is 4.99 Å². The monoisotopic (exact) mass is 384 g/mol. The molecule has 0 radical (unpaired) electrons. The number of aromatic nitrogens is 1. The van der Waals surface area contributed by atoms with E-state index in [1.165, 1.54) is 0 Å². The van der Waals surface area contributed by atoms with Crippen LogP contribution >= 0.6 is 11.6 Å². The Bertz CT molecular complexity index is 828. The van der Waals surface area contributed by atoms with Crippen LogP contribution in [0.4, 0.5) is 5.69 Å². The summed E-state index contributed by atoms with van der Waals surface area (Å²) in [6, 6.07) is 10.3. The maximum Gasteiger partial charge on any atom is 0.251 e. The number of nitrogens with one attached hydrogen (secondary N) is 3. The Labute approximate surface area is 163 Å². The molecule has 0 atom stereocenters. The van der Waals surface area contributed by atoms with Crippen LogP contribution in [0.2, 0.25) is 5.02 Å². The third kappa shape index (κ3) is 6.96. The van der Waals surface area contributed by atoms with Crippen molar-refractivity contribution in [3.63, 3.8) is 0 Å². The van der Waals surface area contributed by atoms with Gasteiger partial charge in [0.2, 0.25) is 12.2 Å². The molecule has 140 valence electrons. The molecule has 0 aliphatic carbocycles. The standard InChI is InChI=1S/C19H21ClN6O/c1-19(2,11-23-17(27)14-5-7-15(20)8-6-14)12-24-18(25-13-21)26-16-4-3-9-22-10-16/h3-10H,11-12H2,1-2H3,(H,23,27)(H2,24,25,26). The van der Waals surface area contributed by atoms with Gasteiger partial charge >= 0.3 is 0 Å². The summed E-state index contributed by atoms with van der Waals surface area (Å²) in [4.78, 5) is 20.0. The molecule has 0 saturated heterocycles. The van der Waals surface area contributed by atoms with Crippen molar-refractivity contribution < 1.29 is 4.79 Å². The minimum absolute atomic E-state index is 0.167. The molecule has 0 saturated carbocycles. The Hall–Kier alpha value is -3.11. The molecule has 3 N–H and O–H groups in total. The van der Waals surface area contributed by atoms with E-state index >= 15 is 0 Å². The minimum atomic E-state index is -0.283. The molecular formula is C19H21ClN6O. The fraction of sp³-hybridized carbons (Fsp3) is 0.263. The molecule has 1 heterocycles. The highest BCUT2D eigenvalue weighted by atomic mass is 35.5. The highest BCUT2D eigenvalue weighted by Gasteiger charge is 2.20. The number of carbonyl (C=O) groups is 1. The number of pyridine rings is 1. The Morgan fingerprint density at radius 2 is 1.93 bits per heavy atom. The lowest BCUT2D eigenvalue weighted by molar-refractivity contribution is 0.0937. The number of halogens is 1. The summed E-state index contributed by atoms with van der Waals surface area (Å²) in [6.07, 6.45) is 5.05. The molecule has 0 aliphatic heterocycles. The average molecular weight is 385 g/mol. The quantitative estimate of drug-likeness (QED) is 0.403. The number of benzene rings is 1. The molecule has 0 unspecified atom stereocenters. The smallest absolute Gasteiger partial charge is 0.251 e. The summed E-state index contributed by atoms with van der Waals surface area (Å²) in [5.74, 6) is 0.154. The second-order valence-electron chi connectivity index (χ2n) is 6.63. The van der Waals surface area contributed by atoms with Crippen LogP contribution in [0.1, 0.15) is 24.2 Å². The van der Waals surface area contributed by atoms with Crippen LogP contribution in [-0.4, -0.2) is 29.9 Å². The molecule has 1 aromatic heterocycles. The first kappa shape index (κ1) is 20.2. The summed E-state index contributed by atoms with van der Waals surface area (Å²) in [5.41, 5.74) is 0.982. The second kappa shape index (κ2) is 9.55. The number of guanidine groups is 1. The summed E-state index contributed by atoms with van der Waals surface area (Å²) in [5, 5.41) is 18.5. The van der Waals surface area contributed by atoms with Gasteiger partial charge in [0.1, 0.15) is 0 Å². The van der Waals surface area contributed by atoms with E-state index in [4.69, 9.17) is 16.9 Å². The third-order valence-corrected chi connectivity index (χ3v) is 3.91. The largest absolute Gasteiger partial charge is 0.355 e. The zero-order valence-corrected chi connectivity index (χ0v) is 15.9. The van der Waals surface area contributed by atoms with Gasteiger partial charge in [0.15, 0.2) is 0 Å². The zero-order valence-electron chi connectivity index (χ0n) is 15.2. The topological polar surface area (TPSA) is 102 Å². The maximum absolute atomic E-state index is 12.2. The Morgan fingerprint density at radius 1 is 1.22 bits per heavy atom. The number of amides is 1. The van der Waals surface area contributed by atoms with Crippen LogP contribution in [-0.2, 0) is 0 Å². The van der Waals surface area contributed by atoms with E-state index in [9.17, 15) is 4.79 Å². The van der Waals surface area contributed by atoms with E-state index in [1.807, 2.05) is 19.9 Å². The second-order valence-corrected chi connectivity index (χ2v) is 7.07. The molecule has 0 spiro atoms. The third-order valence-electron chi connectivity index (χ3n) is 3.65. The molecule has 8 heteroatoms. The van der Waals surface area contributed by atoms with Crippen LogP contribution in [0.15, 0.2) is 53.8 Å². The lowest BCUT2D eigenvalue weighted by Gasteiger charge is -2.26. The predicted molar refractivity (Wildman–Crippen MR) is 106 cm³/mol. The van der Waals surface area contributed by atoms with Gasteiger partial charge in [-0.1, -0.05) is 25.4 Å². The lowest BCUT2D eigenvalue weighted by Crippen LogP contribution is -2.43. The summed E-state index contributed by atoms with van der Waals surface area (Å²) < 4.78 is 0. The van der Waals surface area contributed by atoms with E-state index in [0.29, 0.717) is 35.3 Å². The highest BCUT2D eigenvalue weighted by molar-refractivity contribution is 6.30. The summed E-state index contributed by atoms with van der Waals surface area (Å²) in [7, 11) is 0. The maximum atomic E-state index is 12.2. The zero-order chi connectivity index (χ0) is 19.7. The Balaban J connectivity index is 1.88. The van der Waals surface area contributed by atoms with Crippen LogP contribution < -0.4 is 16.0 Å². The first-order valence-electron chi connectivity index (χ1n) is 8.31. The van der Waals surface area contributed by atoms with E-state index < -0.39 is 0 Å². The molecule has 0 bridgehead atoms. The predicted octanol–water partition coefficient (Wildman–Crippen LogP) is 3.03. The highest BCUT2D eigenvalue weighted by Crippen LogP contribution is 2.14. The minimum Gasteiger partial charge on any atom is -0.355 e. The molecule has 1 amide bonds. The van der Waals surface area contributed by atoms with Gasteiger partial charge in [-0.2, -0.15) is 5.26 Å². The van der Waals surface area contributed by atoms with Gasteiger partial charge < -0.3 is 16.0 Å². The molecule has 1 aromatic carbocycles. The van der Waals surface area contributed by atoms with Crippen molar-refractivity contribution in [2.45, 2.75) is 13.8 Å². The van der Waals surface area contributed by atoms with Crippen LogP contribution in [0, 0.1) is 16.9 Å². The molecule has 2 rings (SSSR count). The Kier molecular flexibility index (Phi) is 7.15. The van der Waals surface area contributed by atoms with E-state index in [-0.39, 0.29) is 11.3 Å². The number of rotatable bonds is 6. The van der Waals surface area contributed by atoms with Crippen molar-refractivity contribution in [2.75, 3.05) is 18.4 Å². The number of anilines is 1. The van der Waals surface area contributed by atoms with Gasteiger partial charge in [-0.3, -0.25) is 9.78 Å². The Morgan fingerprint density at radius 3 is 2.56 bits per heavy atom. The number of hydrogen-bond donors (Lipinski definition) is 3. The lowest BCUT2D eigenvalue weighted by atomic mass is 9.93. The van der Waals surface area contributed by atoms with Crippen LogP contribution in [0.3, 0.4) is 0 Å². The van der Waals surface area contributed by atoms with Crippen molar-refractivity contribution in [3.8, 4) is 6.19 Å². The number of carbonyl (C=O) groups excluding carboxylic acids is 1. The van der Waals surface area contributed by atoms with Gasteiger partial charge in [0.05, 0.1) is 11.9 Å². The van der Waals surface area contributed by atoms with Crippen LogP contribution in [0.25, 0.3) is 0 Å². The van der Waals surface area contributed by atoms with E-state index in [2.05, 4.69) is 25.9 Å². The molecule has 0 aliphatic rings.